The SMILES string of the molecule is CCN(CC(=O)NC(C)C)C(=O)Nc1cc(C)on1. The number of anilines is 1. The van der Waals surface area contributed by atoms with Crippen LogP contribution in [0.1, 0.15) is 26.5 Å². The van der Waals surface area contributed by atoms with Gasteiger partial charge in [-0.3, -0.25) is 10.1 Å². The summed E-state index contributed by atoms with van der Waals surface area (Å²) in [5.41, 5.74) is 0. The Morgan fingerprint density at radius 3 is 2.63 bits per heavy atom. The predicted molar refractivity (Wildman–Crippen MR) is 70.8 cm³/mol. The van der Waals surface area contributed by atoms with E-state index in [-0.39, 0.29) is 24.5 Å². The largest absolute Gasteiger partial charge is 0.360 e. The molecule has 19 heavy (non-hydrogen) atoms. The summed E-state index contributed by atoms with van der Waals surface area (Å²) in [5, 5.41) is 8.98. The molecule has 1 aromatic rings. The van der Waals surface area contributed by atoms with Crippen molar-refractivity contribution in [2.24, 2.45) is 0 Å². The summed E-state index contributed by atoms with van der Waals surface area (Å²) in [5.74, 6) is 0.754. The lowest BCUT2D eigenvalue weighted by Crippen LogP contribution is -2.44. The van der Waals surface area contributed by atoms with Crippen LogP contribution in [0.2, 0.25) is 0 Å². The molecular weight excluding hydrogens is 248 g/mol. The molecule has 0 aliphatic carbocycles. The van der Waals surface area contributed by atoms with Crippen molar-refractivity contribution >= 4 is 17.8 Å². The van der Waals surface area contributed by atoms with Gasteiger partial charge in [0, 0.05) is 18.7 Å². The highest BCUT2D eigenvalue weighted by Gasteiger charge is 2.17. The fourth-order valence-electron chi connectivity index (χ4n) is 1.48. The monoisotopic (exact) mass is 268 g/mol. The van der Waals surface area contributed by atoms with E-state index < -0.39 is 0 Å². The zero-order valence-electron chi connectivity index (χ0n) is 11.7. The Labute approximate surface area is 112 Å². The summed E-state index contributed by atoms with van der Waals surface area (Å²) in [6.07, 6.45) is 0. The number of hydrogen-bond donors (Lipinski definition) is 2. The van der Waals surface area contributed by atoms with Crippen LogP contribution in [0.5, 0.6) is 0 Å². The maximum Gasteiger partial charge on any atom is 0.323 e. The van der Waals surface area contributed by atoms with Gasteiger partial charge in [-0.2, -0.15) is 0 Å². The van der Waals surface area contributed by atoms with E-state index in [1.807, 2.05) is 13.8 Å². The van der Waals surface area contributed by atoms with E-state index in [2.05, 4.69) is 15.8 Å². The average Bonchev–Trinajstić information content (AvgIpc) is 2.70. The van der Waals surface area contributed by atoms with Crippen LogP contribution in [-0.2, 0) is 4.79 Å². The Balaban J connectivity index is 2.54. The minimum atomic E-state index is -0.380. The Morgan fingerprint density at radius 1 is 1.47 bits per heavy atom. The first-order valence-corrected chi connectivity index (χ1v) is 6.21. The minimum absolute atomic E-state index is 0.0113. The number of aromatic nitrogens is 1. The summed E-state index contributed by atoms with van der Waals surface area (Å²) in [4.78, 5) is 24.9. The second-order valence-electron chi connectivity index (χ2n) is 4.49. The summed E-state index contributed by atoms with van der Waals surface area (Å²) in [6, 6.07) is 1.28. The van der Waals surface area contributed by atoms with Gasteiger partial charge in [0.2, 0.25) is 5.91 Å². The van der Waals surface area contributed by atoms with Crippen LogP contribution >= 0.6 is 0 Å². The molecule has 0 aromatic carbocycles. The number of nitrogens with one attached hydrogen (secondary N) is 2. The highest BCUT2D eigenvalue weighted by Crippen LogP contribution is 2.07. The van der Waals surface area contributed by atoms with Gasteiger partial charge in [0.15, 0.2) is 5.82 Å². The van der Waals surface area contributed by atoms with Gasteiger partial charge in [-0.1, -0.05) is 5.16 Å². The smallest absolute Gasteiger partial charge is 0.323 e. The quantitative estimate of drug-likeness (QED) is 0.844. The maximum absolute atomic E-state index is 11.9. The molecular formula is C12H20N4O3. The number of urea groups is 1. The summed E-state index contributed by atoms with van der Waals surface area (Å²) in [6.45, 7) is 7.71. The molecule has 0 saturated carbocycles. The molecule has 0 atom stereocenters. The zero-order valence-corrected chi connectivity index (χ0v) is 11.7. The van der Waals surface area contributed by atoms with Crippen molar-refractivity contribution in [1.29, 1.82) is 0 Å². The molecule has 106 valence electrons. The van der Waals surface area contributed by atoms with Gasteiger partial charge in [0.1, 0.15) is 12.3 Å². The van der Waals surface area contributed by atoms with E-state index in [1.165, 1.54) is 4.90 Å². The van der Waals surface area contributed by atoms with Crippen molar-refractivity contribution < 1.29 is 14.1 Å². The first kappa shape index (κ1) is 15.0. The van der Waals surface area contributed by atoms with Crippen molar-refractivity contribution in [3.8, 4) is 0 Å². The molecule has 1 aromatic heterocycles. The standard InChI is InChI=1S/C12H20N4O3/c1-5-16(7-11(17)13-8(2)3)12(18)14-10-6-9(4)19-15-10/h6,8H,5,7H2,1-4H3,(H,13,17)(H,14,15,18). The van der Waals surface area contributed by atoms with Crippen LogP contribution in [0.4, 0.5) is 10.6 Å². The van der Waals surface area contributed by atoms with Gasteiger partial charge >= 0.3 is 6.03 Å². The van der Waals surface area contributed by atoms with Crippen molar-refractivity contribution in [2.75, 3.05) is 18.4 Å². The Hall–Kier alpha value is -2.05. The molecule has 1 rings (SSSR count). The minimum Gasteiger partial charge on any atom is -0.360 e. The molecule has 0 spiro atoms. The molecule has 1 heterocycles. The molecule has 2 N–H and O–H groups in total. The van der Waals surface area contributed by atoms with Crippen molar-refractivity contribution in [1.82, 2.24) is 15.4 Å². The summed E-state index contributed by atoms with van der Waals surface area (Å²) >= 11 is 0. The first-order chi connectivity index (χ1) is 8.92. The van der Waals surface area contributed by atoms with E-state index in [9.17, 15) is 9.59 Å². The molecule has 0 saturated heterocycles. The van der Waals surface area contributed by atoms with E-state index in [4.69, 9.17) is 4.52 Å². The molecule has 0 unspecified atom stereocenters. The highest BCUT2D eigenvalue weighted by atomic mass is 16.5. The zero-order chi connectivity index (χ0) is 14.4. The number of aryl methyl sites for hydroxylation is 1. The van der Waals surface area contributed by atoms with E-state index in [0.29, 0.717) is 18.1 Å². The van der Waals surface area contributed by atoms with Crippen LogP contribution in [-0.4, -0.2) is 41.1 Å². The predicted octanol–water partition coefficient (Wildman–Crippen LogP) is 1.36. The van der Waals surface area contributed by atoms with Crippen LogP contribution in [0.25, 0.3) is 0 Å². The topological polar surface area (TPSA) is 87.5 Å². The van der Waals surface area contributed by atoms with Crippen LogP contribution in [0.15, 0.2) is 10.6 Å². The van der Waals surface area contributed by atoms with Gasteiger partial charge < -0.3 is 14.7 Å². The van der Waals surface area contributed by atoms with Crippen LogP contribution in [0, 0.1) is 6.92 Å². The van der Waals surface area contributed by atoms with Gasteiger partial charge in [-0.05, 0) is 27.7 Å². The Morgan fingerprint density at radius 2 is 2.16 bits per heavy atom. The third-order valence-corrected chi connectivity index (χ3v) is 2.32. The van der Waals surface area contributed by atoms with Gasteiger partial charge in [0.25, 0.3) is 0 Å². The molecule has 0 aliphatic heterocycles. The number of amides is 3. The van der Waals surface area contributed by atoms with Crippen molar-refractivity contribution in [3.05, 3.63) is 11.8 Å². The van der Waals surface area contributed by atoms with E-state index in [0.717, 1.165) is 0 Å². The molecule has 0 radical (unpaired) electrons. The second-order valence-corrected chi connectivity index (χ2v) is 4.49. The number of likely N-dealkylation sites (N-methyl/N-ethyl adjacent to an activating group) is 1. The third-order valence-electron chi connectivity index (χ3n) is 2.32. The molecule has 7 nitrogen and oxygen atoms in total. The third kappa shape index (κ3) is 4.99. The Kier molecular flexibility index (Phi) is 5.35. The lowest BCUT2D eigenvalue weighted by atomic mass is 10.4. The summed E-state index contributed by atoms with van der Waals surface area (Å²) < 4.78 is 4.85. The molecule has 0 bridgehead atoms. The summed E-state index contributed by atoms with van der Waals surface area (Å²) in [7, 11) is 0. The van der Waals surface area contributed by atoms with Crippen molar-refractivity contribution in [2.45, 2.75) is 33.7 Å². The van der Waals surface area contributed by atoms with Gasteiger partial charge in [-0.15, -0.1) is 0 Å². The average molecular weight is 268 g/mol. The molecule has 7 heteroatoms. The lowest BCUT2D eigenvalue weighted by molar-refractivity contribution is -0.122. The van der Waals surface area contributed by atoms with Crippen molar-refractivity contribution in [3.63, 3.8) is 0 Å². The number of nitrogens with zero attached hydrogens (tertiary/aromatic N) is 2. The van der Waals surface area contributed by atoms with Gasteiger partial charge in [0.05, 0.1) is 0 Å². The molecule has 0 fully saturated rings. The van der Waals surface area contributed by atoms with Gasteiger partial charge in [-0.25, -0.2) is 4.79 Å². The molecule has 0 aliphatic rings. The lowest BCUT2D eigenvalue weighted by Gasteiger charge is -2.20. The number of carbonyl (C=O) groups is 2. The number of carbonyl (C=O) groups excluding carboxylic acids is 2. The Bertz CT molecular complexity index is 442. The normalized spacial score (nSPS) is 10.4. The van der Waals surface area contributed by atoms with E-state index in [1.54, 1.807) is 19.9 Å². The molecule has 3 amide bonds. The second kappa shape index (κ2) is 6.77. The number of hydrogen-bond acceptors (Lipinski definition) is 4. The fourth-order valence-corrected chi connectivity index (χ4v) is 1.48. The maximum atomic E-state index is 11.9. The fraction of sp³-hybridized carbons (Fsp3) is 0.583. The van der Waals surface area contributed by atoms with Crippen LogP contribution in [0.3, 0.4) is 0 Å². The van der Waals surface area contributed by atoms with Crippen LogP contribution < -0.4 is 10.6 Å². The van der Waals surface area contributed by atoms with E-state index >= 15 is 0 Å². The number of rotatable bonds is 5. The first-order valence-electron chi connectivity index (χ1n) is 6.21. The highest BCUT2D eigenvalue weighted by molar-refractivity contribution is 5.91.